The Balaban J connectivity index is 2.76. The van der Waals surface area contributed by atoms with E-state index in [0.717, 1.165) is 12.1 Å². The molecule has 0 atom stereocenters. The van der Waals surface area contributed by atoms with Crippen LogP contribution in [0, 0.1) is 10.1 Å². The van der Waals surface area contributed by atoms with Gasteiger partial charge in [0.1, 0.15) is 17.9 Å². The van der Waals surface area contributed by atoms with Gasteiger partial charge in [-0.15, -0.1) is 0 Å². The molecular weight excluding hydrogens is 256 g/mol. The molecule has 0 aliphatic rings. The third-order valence-electron chi connectivity index (χ3n) is 2.14. The van der Waals surface area contributed by atoms with Gasteiger partial charge in [0.2, 0.25) is 5.91 Å². The second-order valence-electron chi connectivity index (χ2n) is 3.57. The summed E-state index contributed by atoms with van der Waals surface area (Å²) in [6.07, 6.45) is 0. The van der Waals surface area contributed by atoms with Gasteiger partial charge in [0.15, 0.2) is 0 Å². The number of ether oxygens (including phenoxy) is 1. The number of nitrogens with zero attached hydrogens (tertiary/aromatic N) is 1. The first-order valence-electron chi connectivity index (χ1n) is 5.30. The molecule has 0 radical (unpaired) electrons. The molecule has 0 saturated carbocycles. The van der Waals surface area contributed by atoms with Crippen molar-refractivity contribution in [3.63, 3.8) is 0 Å². The zero-order valence-corrected chi connectivity index (χ0v) is 10.1. The van der Waals surface area contributed by atoms with E-state index in [0.29, 0.717) is 0 Å². The average Bonchev–Trinajstić information content (AvgIpc) is 2.33. The molecule has 1 amide bonds. The topological polar surface area (TPSA) is 119 Å². The van der Waals surface area contributed by atoms with Crippen LogP contribution < -0.4 is 10.1 Å². The maximum absolute atomic E-state index is 10.9. The summed E-state index contributed by atoms with van der Waals surface area (Å²) < 4.78 is 5.18. The Bertz CT molecular complexity index is 514. The molecular formula is C11H12N2O6. The Labute approximate surface area is 108 Å². The maximum Gasteiger partial charge on any atom is 0.342 e. The number of rotatable bonds is 6. The number of carboxylic acids is 1. The highest BCUT2D eigenvalue weighted by Gasteiger charge is 2.20. The van der Waals surface area contributed by atoms with E-state index in [9.17, 15) is 19.7 Å². The fraction of sp³-hybridized carbons (Fsp3) is 0.273. The fourth-order valence-corrected chi connectivity index (χ4v) is 1.33. The summed E-state index contributed by atoms with van der Waals surface area (Å²) in [7, 11) is 0. The number of hydrogen-bond acceptors (Lipinski definition) is 5. The van der Waals surface area contributed by atoms with Crippen LogP contribution in [0.5, 0.6) is 5.75 Å². The van der Waals surface area contributed by atoms with Gasteiger partial charge in [0, 0.05) is 19.1 Å². The summed E-state index contributed by atoms with van der Waals surface area (Å²) in [6, 6.07) is 3.45. The Kier molecular flexibility index (Phi) is 4.81. The normalized spacial score (nSPS) is 9.74. The zero-order valence-electron chi connectivity index (χ0n) is 10.1. The first kappa shape index (κ1) is 14.4. The average molecular weight is 268 g/mol. The molecule has 8 heteroatoms. The summed E-state index contributed by atoms with van der Waals surface area (Å²) >= 11 is 0. The molecule has 19 heavy (non-hydrogen) atoms. The van der Waals surface area contributed by atoms with Crippen LogP contribution in [-0.2, 0) is 4.79 Å². The Morgan fingerprint density at radius 2 is 2.16 bits per heavy atom. The molecule has 0 aliphatic carbocycles. The summed E-state index contributed by atoms with van der Waals surface area (Å²) in [5, 5.41) is 22.0. The number of amides is 1. The standard InChI is InChI=1S/C11H12N2O6/c1-7(14)12-4-5-19-8-2-3-10(13(17)18)9(6-8)11(15)16/h2-3,6H,4-5H2,1H3,(H,12,14)(H,15,16). The van der Waals surface area contributed by atoms with Crippen LogP contribution in [0.3, 0.4) is 0 Å². The van der Waals surface area contributed by atoms with E-state index in [1.165, 1.54) is 13.0 Å². The van der Waals surface area contributed by atoms with Gasteiger partial charge in [-0.1, -0.05) is 0 Å². The number of benzene rings is 1. The molecule has 0 fully saturated rings. The van der Waals surface area contributed by atoms with Crippen LogP contribution in [0.1, 0.15) is 17.3 Å². The molecule has 102 valence electrons. The Hall–Kier alpha value is -2.64. The number of carbonyl (C=O) groups excluding carboxylic acids is 1. The van der Waals surface area contributed by atoms with E-state index in [1.54, 1.807) is 0 Å². The minimum absolute atomic E-state index is 0.135. The highest BCUT2D eigenvalue weighted by Crippen LogP contribution is 2.23. The molecule has 1 aromatic carbocycles. The number of carboxylic acid groups (broad SMARTS) is 1. The van der Waals surface area contributed by atoms with E-state index in [1.807, 2.05) is 0 Å². The fourth-order valence-electron chi connectivity index (χ4n) is 1.33. The first-order chi connectivity index (χ1) is 8.91. The maximum atomic E-state index is 10.9. The van der Waals surface area contributed by atoms with Crippen LogP contribution >= 0.6 is 0 Å². The predicted octanol–water partition coefficient (Wildman–Crippen LogP) is 0.808. The molecule has 0 bridgehead atoms. The number of nitrogens with one attached hydrogen (secondary N) is 1. The third kappa shape index (κ3) is 4.26. The lowest BCUT2D eigenvalue weighted by Gasteiger charge is -2.07. The quantitative estimate of drug-likeness (QED) is 0.447. The summed E-state index contributed by atoms with van der Waals surface area (Å²) in [4.78, 5) is 31.3. The van der Waals surface area contributed by atoms with E-state index in [-0.39, 0.29) is 24.8 Å². The van der Waals surface area contributed by atoms with Gasteiger partial charge < -0.3 is 15.2 Å². The molecule has 1 rings (SSSR count). The smallest absolute Gasteiger partial charge is 0.342 e. The van der Waals surface area contributed by atoms with Crippen LogP contribution in [0.4, 0.5) is 5.69 Å². The first-order valence-corrected chi connectivity index (χ1v) is 5.30. The molecule has 0 aromatic heterocycles. The van der Waals surface area contributed by atoms with Gasteiger partial charge in [0.25, 0.3) is 5.69 Å². The van der Waals surface area contributed by atoms with Crippen LogP contribution in [0.2, 0.25) is 0 Å². The van der Waals surface area contributed by atoms with Gasteiger partial charge in [-0.3, -0.25) is 14.9 Å². The molecule has 2 N–H and O–H groups in total. The lowest BCUT2D eigenvalue weighted by molar-refractivity contribution is -0.385. The van der Waals surface area contributed by atoms with Crippen molar-refractivity contribution in [3.8, 4) is 5.75 Å². The van der Waals surface area contributed by atoms with E-state index >= 15 is 0 Å². The van der Waals surface area contributed by atoms with Crippen LogP contribution in [-0.4, -0.2) is 35.1 Å². The summed E-state index contributed by atoms with van der Waals surface area (Å²) in [5.41, 5.74) is -0.941. The summed E-state index contributed by atoms with van der Waals surface area (Å²) in [5.74, 6) is -1.43. The number of carbonyl (C=O) groups is 2. The SMILES string of the molecule is CC(=O)NCCOc1ccc([N+](=O)[O-])c(C(=O)O)c1. The minimum Gasteiger partial charge on any atom is -0.492 e. The van der Waals surface area contributed by atoms with Crippen molar-refractivity contribution >= 4 is 17.6 Å². The van der Waals surface area contributed by atoms with Crippen molar-refractivity contribution in [2.75, 3.05) is 13.2 Å². The van der Waals surface area contributed by atoms with Gasteiger partial charge in [-0.25, -0.2) is 4.79 Å². The summed E-state index contributed by atoms with van der Waals surface area (Å²) in [6.45, 7) is 1.75. The van der Waals surface area contributed by atoms with Gasteiger partial charge in [-0.05, 0) is 6.07 Å². The van der Waals surface area contributed by atoms with Crippen molar-refractivity contribution in [2.24, 2.45) is 0 Å². The molecule has 1 aromatic rings. The third-order valence-corrected chi connectivity index (χ3v) is 2.14. The van der Waals surface area contributed by atoms with Crippen molar-refractivity contribution in [3.05, 3.63) is 33.9 Å². The molecule has 0 saturated heterocycles. The number of nitro groups is 1. The monoisotopic (exact) mass is 268 g/mol. The largest absolute Gasteiger partial charge is 0.492 e. The predicted molar refractivity (Wildman–Crippen MR) is 64.2 cm³/mol. The van der Waals surface area contributed by atoms with E-state index in [4.69, 9.17) is 9.84 Å². The van der Waals surface area contributed by atoms with E-state index < -0.39 is 22.1 Å². The Morgan fingerprint density at radius 3 is 2.68 bits per heavy atom. The second kappa shape index (κ2) is 6.34. The number of hydrogen-bond donors (Lipinski definition) is 2. The number of aromatic carboxylic acids is 1. The highest BCUT2D eigenvalue weighted by atomic mass is 16.6. The lowest BCUT2D eigenvalue weighted by Crippen LogP contribution is -2.25. The number of nitro benzene ring substituents is 1. The molecule has 0 unspecified atom stereocenters. The Morgan fingerprint density at radius 1 is 1.47 bits per heavy atom. The highest BCUT2D eigenvalue weighted by molar-refractivity contribution is 5.92. The van der Waals surface area contributed by atoms with Crippen LogP contribution in [0.15, 0.2) is 18.2 Å². The van der Waals surface area contributed by atoms with Crippen molar-refractivity contribution < 1.29 is 24.4 Å². The van der Waals surface area contributed by atoms with Gasteiger partial charge in [0.05, 0.1) is 11.5 Å². The van der Waals surface area contributed by atoms with E-state index in [2.05, 4.69) is 5.32 Å². The molecule has 0 heterocycles. The van der Waals surface area contributed by atoms with Crippen molar-refractivity contribution in [2.45, 2.75) is 6.92 Å². The zero-order chi connectivity index (χ0) is 14.4. The lowest BCUT2D eigenvalue weighted by atomic mass is 10.1. The molecule has 8 nitrogen and oxygen atoms in total. The van der Waals surface area contributed by atoms with Crippen molar-refractivity contribution in [1.29, 1.82) is 0 Å². The molecule has 0 spiro atoms. The van der Waals surface area contributed by atoms with Gasteiger partial charge in [-0.2, -0.15) is 0 Å². The van der Waals surface area contributed by atoms with Crippen LogP contribution in [0.25, 0.3) is 0 Å². The van der Waals surface area contributed by atoms with Gasteiger partial charge >= 0.3 is 5.97 Å². The second-order valence-corrected chi connectivity index (χ2v) is 3.57. The molecule has 0 aliphatic heterocycles. The van der Waals surface area contributed by atoms with Crippen molar-refractivity contribution in [1.82, 2.24) is 5.32 Å². The minimum atomic E-state index is -1.40.